The maximum Gasteiger partial charge on any atom is 0.223 e. The van der Waals surface area contributed by atoms with E-state index in [4.69, 9.17) is 21.7 Å². The van der Waals surface area contributed by atoms with E-state index in [9.17, 15) is 4.39 Å². The molecule has 1 aliphatic carbocycles. The SMILES string of the molecule is COCc1nc(OC)c(-c2c(C)[nH]c(=S)n2-c2cccc3c2CCC=C3)cc1F. The van der Waals surface area contributed by atoms with Crippen molar-refractivity contribution in [2.24, 2.45) is 0 Å². The van der Waals surface area contributed by atoms with Crippen LogP contribution in [0, 0.1) is 17.5 Å². The lowest BCUT2D eigenvalue weighted by atomic mass is 9.95. The lowest BCUT2D eigenvalue weighted by Crippen LogP contribution is -2.08. The van der Waals surface area contributed by atoms with Crippen LogP contribution in [0.1, 0.15) is 28.9 Å². The molecule has 0 bridgehead atoms. The highest BCUT2D eigenvalue weighted by Gasteiger charge is 2.22. The van der Waals surface area contributed by atoms with Gasteiger partial charge in [0.2, 0.25) is 5.88 Å². The molecule has 0 spiro atoms. The number of hydrogen-bond acceptors (Lipinski definition) is 4. The maximum atomic E-state index is 14.7. The van der Waals surface area contributed by atoms with Gasteiger partial charge in [0, 0.05) is 12.8 Å². The molecule has 0 aliphatic heterocycles. The normalized spacial score (nSPS) is 12.8. The second-order valence-corrected chi connectivity index (χ2v) is 7.32. The van der Waals surface area contributed by atoms with Gasteiger partial charge in [-0.3, -0.25) is 4.57 Å². The quantitative estimate of drug-likeness (QED) is 0.590. The van der Waals surface area contributed by atoms with Gasteiger partial charge in [0.05, 0.1) is 30.7 Å². The Balaban J connectivity index is 1.99. The summed E-state index contributed by atoms with van der Waals surface area (Å²) in [5, 5.41) is 0. The van der Waals surface area contributed by atoms with Crippen LogP contribution in [0.25, 0.3) is 23.0 Å². The van der Waals surface area contributed by atoms with Crippen molar-refractivity contribution < 1.29 is 13.9 Å². The summed E-state index contributed by atoms with van der Waals surface area (Å²) in [5.41, 5.74) is 5.68. The van der Waals surface area contributed by atoms with Gasteiger partial charge in [0.15, 0.2) is 4.77 Å². The first-order valence-electron chi connectivity index (χ1n) is 9.38. The minimum Gasteiger partial charge on any atom is -0.480 e. The largest absolute Gasteiger partial charge is 0.480 e. The van der Waals surface area contributed by atoms with Crippen LogP contribution in [-0.2, 0) is 17.8 Å². The highest BCUT2D eigenvalue weighted by atomic mass is 32.1. The predicted molar refractivity (Wildman–Crippen MR) is 113 cm³/mol. The van der Waals surface area contributed by atoms with Gasteiger partial charge < -0.3 is 14.5 Å². The van der Waals surface area contributed by atoms with E-state index >= 15 is 0 Å². The van der Waals surface area contributed by atoms with Crippen molar-refractivity contribution in [2.45, 2.75) is 26.4 Å². The molecule has 0 atom stereocenters. The molecule has 0 saturated carbocycles. The van der Waals surface area contributed by atoms with Crippen LogP contribution in [0.4, 0.5) is 4.39 Å². The van der Waals surface area contributed by atoms with E-state index in [0.717, 1.165) is 29.9 Å². The molecule has 1 aromatic carbocycles. The van der Waals surface area contributed by atoms with Crippen molar-refractivity contribution in [2.75, 3.05) is 14.2 Å². The molecule has 0 amide bonds. The molecule has 29 heavy (non-hydrogen) atoms. The van der Waals surface area contributed by atoms with Crippen molar-refractivity contribution in [1.82, 2.24) is 14.5 Å². The Labute approximate surface area is 173 Å². The van der Waals surface area contributed by atoms with Gasteiger partial charge in [-0.15, -0.1) is 0 Å². The number of nitrogens with one attached hydrogen (secondary N) is 1. The molecule has 1 aliphatic rings. The van der Waals surface area contributed by atoms with Gasteiger partial charge in [-0.25, -0.2) is 9.37 Å². The number of methoxy groups -OCH3 is 2. The molecule has 1 N–H and O–H groups in total. The molecule has 2 heterocycles. The van der Waals surface area contributed by atoms with E-state index in [-0.39, 0.29) is 12.3 Å². The Kier molecular flexibility index (Phi) is 5.34. The number of benzene rings is 1. The molecule has 4 rings (SSSR count). The van der Waals surface area contributed by atoms with E-state index in [2.05, 4.69) is 28.2 Å². The van der Waals surface area contributed by atoms with Crippen molar-refractivity contribution in [3.63, 3.8) is 0 Å². The molecule has 0 unspecified atom stereocenters. The zero-order valence-corrected chi connectivity index (χ0v) is 17.4. The van der Waals surface area contributed by atoms with Crippen LogP contribution >= 0.6 is 12.2 Å². The first-order valence-corrected chi connectivity index (χ1v) is 9.79. The third-order valence-corrected chi connectivity index (χ3v) is 5.39. The van der Waals surface area contributed by atoms with Crippen molar-refractivity contribution >= 4 is 18.3 Å². The van der Waals surface area contributed by atoms with Crippen LogP contribution < -0.4 is 4.74 Å². The number of aryl methyl sites for hydroxylation is 1. The molecule has 3 aromatic rings. The average Bonchev–Trinajstić information content (AvgIpc) is 3.02. The van der Waals surface area contributed by atoms with Crippen molar-refractivity contribution in [3.8, 4) is 22.8 Å². The first-order chi connectivity index (χ1) is 14.0. The fourth-order valence-electron chi connectivity index (χ4n) is 3.84. The van der Waals surface area contributed by atoms with Gasteiger partial charge in [-0.2, -0.15) is 0 Å². The lowest BCUT2D eigenvalue weighted by Gasteiger charge is -2.19. The summed E-state index contributed by atoms with van der Waals surface area (Å²) in [6, 6.07) is 7.59. The number of aromatic amines is 1. The summed E-state index contributed by atoms with van der Waals surface area (Å²) in [6.07, 6.45) is 6.20. The third-order valence-electron chi connectivity index (χ3n) is 5.11. The molecule has 0 fully saturated rings. The number of hydrogen-bond donors (Lipinski definition) is 1. The van der Waals surface area contributed by atoms with Crippen LogP contribution in [0.3, 0.4) is 0 Å². The Morgan fingerprint density at radius 2 is 2.14 bits per heavy atom. The van der Waals surface area contributed by atoms with Crippen molar-refractivity contribution in [3.05, 3.63) is 63.4 Å². The summed E-state index contributed by atoms with van der Waals surface area (Å²) in [4.78, 5) is 7.55. The molecular weight excluding hydrogens is 389 g/mol. The van der Waals surface area contributed by atoms with E-state index in [1.807, 2.05) is 23.6 Å². The Bertz CT molecular complexity index is 1160. The fraction of sp³-hybridized carbons (Fsp3) is 0.273. The monoisotopic (exact) mass is 411 g/mol. The second kappa shape index (κ2) is 7.93. The molecule has 0 saturated heterocycles. The van der Waals surface area contributed by atoms with Crippen molar-refractivity contribution in [1.29, 1.82) is 0 Å². The van der Waals surface area contributed by atoms with E-state index in [1.165, 1.54) is 31.4 Å². The second-order valence-electron chi connectivity index (χ2n) is 6.93. The number of pyridine rings is 1. The summed E-state index contributed by atoms with van der Waals surface area (Å²) in [5.74, 6) is -0.118. The number of nitrogens with zero attached hydrogens (tertiary/aromatic N) is 2. The molecule has 5 nitrogen and oxygen atoms in total. The molecule has 2 aromatic heterocycles. The van der Waals surface area contributed by atoms with Crippen LogP contribution in [0.15, 0.2) is 30.3 Å². The van der Waals surface area contributed by atoms with Gasteiger partial charge >= 0.3 is 0 Å². The maximum absolute atomic E-state index is 14.7. The Morgan fingerprint density at radius 1 is 1.31 bits per heavy atom. The van der Waals surface area contributed by atoms with E-state index in [0.29, 0.717) is 16.2 Å². The van der Waals surface area contributed by atoms with Gasteiger partial charge in [-0.05, 0) is 55.2 Å². The zero-order chi connectivity index (χ0) is 20.5. The van der Waals surface area contributed by atoms with E-state index in [1.54, 1.807) is 0 Å². The molecule has 0 radical (unpaired) electrons. The average molecular weight is 412 g/mol. The molecule has 7 heteroatoms. The summed E-state index contributed by atoms with van der Waals surface area (Å²) in [7, 11) is 3.03. The summed E-state index contributed by atoms with van der Waals surface area (Å²) < 4.78 is 27.8. The number of halogens is 1. The molecular formula is C22H22FN3O2S. The van der Waals surface area contributed by atoms with Gasteiger partial charge in [0.1, 0.15) is 11.5 Å². The fourth-order valence-corrected chi connectivity index (χ4v) is 4.18. The standard InChI is InChI=1S/C22H22FN3O2S/c1-13-20(16-11-17(23)18(12-27-2)25-21(16)28-3)26(22(29)24-13)19-10-6-8-14-7-4-5-9-15(14)19/h4,6-8,10-11H,5,9,12H2,1-3H3,(H,24,29). The predicted octanol–water partition coefficient (Wildman–Crippen LogP) is 5.16. The number of rotatable bonds is 5. The smallest absolute Gasteiger partial charge is 0.223 e. The third kappa shape index (κ3) is 3.41. The Morgan fingerprint density at radius 3 is 2.90 bits per heavy atom. The number of imidazole rings is 1. The van der Waals surface area contributed by atoms with Crippen LogP contribution in [0.2, 0.25) is 0 Å². The van der Waals surface area contributed by atoms with Crippen LogP contribution in [0.5, 0.6) is 5.88 Å². The van der Waals surface area contributed by atoms with E-state index < -0.39 is 5.82 Å². The number of H-pyrrole nitrogens is 1. The highest BCUT2D eigenvalue weighted by molar-refractivity contribution is 7.71. The minimum atomic E-state index is -0.446. The zero-order valence-electron chi connectivity index (χ0n) is 16.6. The van der Waals surface area contributed by atoms with Gasteiger partial charge in [-0.1, -0.05) is 24.3 Å². The molecule has 150 valence electrons. The Hall–Kier alpha value is -2.77. The van der Waals surface area contributed by atoms with Gasteiger partial charge in [0.25, 0.3) is 0 Å². The minimum absolute atomic E-state index is 0.0689. The lowest BCUT2D eigenvalue weighted by molar-refractivity contribution is 0.176. The number of fused-ring (bicyclic) bond motifs is 1. The summed E-state index contributed by atoms with van der Waals surface area (Å²) >= 11 is 5.64. The number of ether oxygens (including phenoxy) is 2. The number of allylic oxidation sites excluding steroid dienone is 1. The topological polar surface area (TPSA) is 52.1 Å². The van der Waals surface area contributed by atoms with Crippen LogP contribution in [-0.4, -0.2) is 28.8 Å². The summed E-state index contributed by atoms with van der Waals surface area (Å²) in [6.45, 7) is 1.98. The number of aromatic nitrogens is 3. The highest BCUT2D eigenvalue weighted by Crippen LogP contribution is 2.36. The first kappa shape index (κ1) is 19.5.